The van der Waals surface area contributed by atoms with Crippen molar-refractivity contribution in [1.29, 1.82) is 0 Å². The predicted octanol–water partition coefficient (Wildman–Crippen LogP) is 5.55. The zero-order valence-corrected chi connectivity index (χ0v) is 21.6. The summed E-state index contributed by atoms with van der Waals surface area (Å²) >= 11 is 0. The molecule has 0 aliphatic carbocycles. The molecule has 0 saturated heterocycles. The average molecular weight is 500 g/mol. The minimum atomic E-state index is -0.444. The Hall–Kier alpha value is -4.13. The number of amides is 1. The van der Waals surface area contributed by atoms with Crippen molar-refractivity contribution in [3.05, 3.63) is 95.0 Å². The fraction of sp³-hybridized carbons (Fsp3) is 0.300. The Balaban J connectivity index is 1.84. The van der Waals surface area contributed by atoms with Gasteiger partial charge in [0.05, 0.1) is 29.7 Å². The molecule has 1 atom stereocenters. The molecule has 3 aromatic carbocycles. The maximum Gasteiger partial charge on any atom is 0.266 e. The van der Waals surface area contributed by atoms with Gasteiger partial charge in [0, 0.05) is 6.54 Å². The van der Waals surface area contributed by atoms with Crippen molar-refractivity contribution in [1.82, 2.24) is 14.5 Å². The van der Waals surface area contributed by atoms with Crippen molar-refractivity contribution in [3.8, 4) is 17.2 Å². The second-order valence-corrected chi connectivity index (χ2v) is 8.77. The molecule has 0 N–H and O–H groups in total. The molecule has 1 amide bonds. The Morgan fingerprint density at radius 3 is 2.41 bits per heavy atom. The van der Waals surface area contributed by atoms with E-state index in [0.29, 0.717) is 46.9 Å². The molecular formula is C30H33N3O4. The fourth-order valence-electron chi connectivity index (χ4n) is 4.49. The van der Waals surface area contributed by atoms with Gasteiger partial charge in [-0.15, -0.1) is 0 Å². The summed E-state index contributed by atoms with van der Waals surface area (Å²) < 4.78 is 13.0. The van der Waals surface area contributed by atoms with E-state index in [1.807, 2.05) is 79.7 Å². The maximum absolute atomic E-state index is 13.9. The zero-order valence-electron chi connectivity index (χ0n) is 21.6. The van der Waals surface area contributed by atoms with Crippen LogP contribution in [0, 0.1) is 0 Å². The molecule has 4 rings (SSSR count). The van der Waals surface area contributed by atoms with Gasteiger partial charge in [0.25, 0.3) is 11.5 Å². The number of unbranched alkanes of at least 4 members (excludes halogenated alkanes) is 1. The Kier molecular flexibility index (Phi) is 8.56. The van der Waals surface area contributed by atoms with E-state index in [2.05, 4.69) is 6.92 Å². The summed E-state index contributed by atoms with van der Waals surface area (Å²) in [6.07, 6.45) is 2.31. The molecule has 1 aromatic heterocycles. The van der Waals surface area contributed by atoms with Crippen molar-refractivity contribution >= 4 is 16.8 Å². The molecular weight excluding hydrogens is 466 g/mol. The summed E-state index contributed by atoms with van der Waals surface area (Å²) in [5.41, 5.74) is 0.979. The highest BCUT2D eigenvalue weighted by molar-refractivity contribution is 5.80. The molecule has 0 spiro atoms. The van der Waals surface area contributed by atoms with E-state index in [1.54, 1.807) is 22.6 Å². The normalized spacial score (nSPS) is 11.8. The summed E-state index contributed by atoms with van der Waals surface area (Å²) in [4.78, 5) is 34.2. The summed E-state index contributed by atoms with van der Waals surface area (Å²) in [7, 11) is 1.58. The second kappa shape index (κ2) is 12.2. The molecule has 0 radical (unpaired) electrons. The van der Waals surface area contributed by atoms with Crippen molar-refractivity contribution in [2.24, 2.45) is 0 Å². The van der Waals surface area contributed by atoms with E-state index in [9.17, 15) is 9.59 Å². The molecule has 7 nitrogen and oxygen atoms in total. The van der Waals surface area contributed by atoms with Crippen LogP contribution in [0.2, 0.25) is 0 Å². The third-order valence-corrected chi connectivity index (χ3v) is 6.37. The smallest absolute Gasteiger partial charge is 0.266 e. The van der Waals surface area contributed by atoms with Gasteiger partial charge in [-0.05, 0) is 49.2 Å². The lowest BCUT2D eigenvalue weighted by Gasteiger charge is -2.32. The Bertz CT molecular complexity index is 1400. The first-order valence-corrected chi connectivity index (χ1v) is 12.7. The summed E-state index contributed by atoms with van der Waals surface area (Å²) in [6, 6.07) is 23.5. The van der Waals surface area contributed by atoms with E-state index in [-0.39, 0.29) is 18.1 Å². The highest BCUT2D eigenvalue weighted by Crippen LogP contribution is 2.30. The quantitative estimate of drug-likeness (QED) is 0.270. The number of methoxy groups -OCH3 is 1. The molecule has 1 heterocycles. The molecule has 4 aromatic rings. The summed E-state index contributed by atoms with van der Waals surface area (Å²) in [5, 5.41) is 0.505. The summed E-state index contributed by atoms with van der Waals surface area (Å²) in [5.74, 6) is 1.53. The third kappa shape index (κ3) is 5.66. The van der Waals surface area contributed by atoms with Crippen molar-refractivity contribution in [2.75, 3.05) is 20.3 Å². The molecule has 0 bridgehead atoms. The standard InChI is InChI=1S/C30H33N3O4/c1-4-6-20-32(28(34)21-37-22-14-8-7-9-15-22)25(5-2)29-31-24-17-11-10-16-23(24)30(35)33(29)26-18-12-13-19-27(26)36-3/h7-19,25H,4-6,20-21H2,1-3H3. The highest BCUT2D eigenvalue weighted by Gasteiger charge is 2.29. The van der Waals surface area contributed by atoms with Crippen molar-refractivity contribution in [3.63, 3.8) is 0 Å². The van der Waals surface area contributed by atoms with Gasteiger partial charge in [-0.2, -0.15) is 0 Å². The van der Waals surface area contributed by atoms with E-state index in [0.717, 1.165) is 12.8 Å². The first-order valence-electron chi connectivity index (χ1n) is 12.7. The number of hydrogen-bond donors (Lipinski definition) is 0. The minimum absolute atomic E-state index is 0.100. The SMILES string of the molecule is CCCCN(C(=O)COc1ccccc1)C(CC)c1nc2ccccc2c(=O)n1-c1ccccc1OC. The first-order chi connectivity index (χ1) is 18.1. The van der Waals surface area contributed by atoms with Crippen LogP contribution in [0.4, 0.5) is 0 Å². The van der Waals surface area contributed by atoms with Crippen LogP contribution in [0.25, 0.3) is 16.6 Å². The number of benzene rings is 3. The number of carbonyl (C=O) groups excluding carboxylic acids is 1. The van der Waals surface area contributed by atoms with Gasteiger partial charge in [-0.1, -0.05) is 62.7 Å². The molecule has 192 valence electrons. The Labute approximate surface area is 217 Å². The number of rotatable bonds is 11. The van der Waals surface area contributed by atoms with Crippen LogP contribution in [-0.2, 0) is 4.79 Å². The van der Waals surface area contributed by atoms with Crippen LogP contribution in [0.1, 0.15) is 45.0 Å². The molecule has 37 heavy (non-hydrogen) atoms. The Morgan fingerprint density at radius 2 is 1.68 bits per heavy atom. The number of hydrogen-bond acceptors (Lipinski definition) is 5. The molecule has 0 saturated carbocycles. The van der Waals surface area contributed by atoms with Gasteiger partial charge >= 0.3 is 0 Å². The van der Waals surface area contributed by atoms with Gasteiger partial charge in [0.2, 0.25) is 0 Å². The lowest BCUT2D eigenvalue weighted by molar-refractivity contribution is -0.136. The number of ether oxygens (including phenoxy) is 2. The highest BCUT2D eigenvalue weighted by atomic mass is 16.5. The molecule has 7 heteroatoms. The van der Waals surface area contributed by atoms with Gasteiger partial charge in [-0.3, -0.25) is 14.2 Å². The number of aromatic nitrogens is 2. The van der Waals surface area contributed by atoms with Crippen LogP contribution in [0.15, 0.2) is 83.7 Å². The number of nitrogens with zero attached hydrogens (tertiary/aromatic N) is 3. The van der Waals surface area contributed by atoms with Gasteiger partial charge < -0.3 is 14.4 Å². The molecule has 0 aliphatic rings. The van der Waals surface area contributed by atoms with Crippen LogP contribution in [0.5, 0.6) is 11.5 Å². The van der Waals surface area contributed by atoms with E-state index in [4.69, 9.17) is 14.5 Å². The number of carbonyl (C=O) groups is 1. The van der Waals surface area contributed by atoms with Gasteiger partial charge in [-0.25, -0.2) is 4.98 Å². The maximum atomic E-state index is 13.9. The first kappa shape index (κ1) is 25.9. The monoisotopic (exact) mass is 499 g/mol. The number of para-hydroxylation sites is 4. The minimum Gasteiger partial charge on any atom is -0.495 e. The lowest BCUT2D eigenvalue weighted by Crippen LogP contribution is -2.41. The fourth-order valence-corrected chi connectivity index (χ4v) is 4.49. The van der Waals surface area contributed by atoms with Crippen LogP contribution in [-0.4, -0.2) is 40.6 Å². The van der Waals surface area contributed by atoms with Crippen LogP contribution < -0.4 is 15.0 Å². The number of fused-ring (bicyclic) bond motifs is 1. The molecule has 0 aliphatic heterocycles. The third-order valence-electron chi connectivity index (χ3n) is 6.37. The van der Waals surface area contributed by atoms with Crippen molar-refractivity contribution < 1.29 is 14.3 Å². The van der Waals surface area contributed by atoms with Crippen molar-refractivity contribution in [2.45, 2.75) is 39.2 Å². The molecule has 0 fully saturated rings. The second-order valence-electron chi connectivity index (χ2n) is 8.77. The predicted molar refractivity (Wildman–Crippen MR) is 145 cm³/mol. The lowest BCUT2D eigenvalue weighted by atomic mass is 10.1. The zero-order chi connectivity index (χ0) is 26.2. The van der Waals surface area contributed by atoms with E-state index >= 15 is 0 Å². The largest absolute Gasteiger partial charge is 0.495 e. The average Bonchev–Trinajstić information content (AvgIpc) is 2.94. The van der Waals surface area contributed by atoms with E-state index < -0.39 is 6.04 Å². The van der Waals surface area contributed by atoms with Crippen LogP contribution >= 0.6 is 0 Å². The van der Waals surface area contributed by atoms with Gasteiger partial charge in [0.1, 0.15) is 17.3 Å². The van der Waals surface area contributed by atoms with Gasteiger partial charge in [0.15, 0.2) is 6.61 Å². The molecule has 1 unspecified atom stereocenters. The summed E-state index contributed by atoms with van der Waals surface area (Å²) in [6.45, 7) is 4.52. The topological polar surface area (TPSA) is 73.7 Å². The van der Waals surface area contributed by atoms with E-state index in [1.165, 1.54) is 0 Å². The van der Waals surface area contributed by atoms with Crippen LogP contribution in [0.3, 0.4) is 0 Å². The Morgan fingerprint density at radius 1 is 0.973 bits per heavy atom.